The molecule has 5 nitrogen and oxygen atoms in total. The molecule has 0 spiro atoms. The average Bonchev–Trinajstić information content (AvgIpc) is 3.09. The van der Waals surface area contributed by atoms with Crippen molar-refractivity contribution in [3.8, 4) is 5.75 Å². The quantitative estimate of drug-likeness (QED) is 0.771. The van der Waals surface area contributed by atoms with Crippen LogP contribution in [0.1, 0.15) is 41.3 Å². The van der Waals surface area contributed by atoms with Crippen LogP contribution in [-0.4, -0.2) is 32.1 Å². The number of benzene rings is 2. The first-order valence-corrected chi connectivity index (χ1v) is 8.74. The molecule has 2 aromatic rings. The Hall–Kier alpha value is -2.82. The molecule has 136 valence electrons. The lowest BCUT2D eigenvalue weighted by Gasteiger charge is -2.18. The molecule has 2 aromatic carbocycles. The fraction of sp³-hybridized carbons (Fsp3) is 0.333. The van der Waals surface area contributed by atoms with Crippen LogP contribution in [0.5, 0.6) is 5.75 Å². The average molecular weight is 353 g/mol. The number of rotatable bonds is 5. The molecular weight excluding hydrogens is 330 g/mol. The molecule has 1 heterocycles. The summed E-state index contributed by atoms with van der Waals surface area (Å²) in [7, 11) is 1.36. The minimum absolute atomic E-state index is 0.0141. The van der Waals surface area contributed by atoms with Gasteiger partial charge in [0.25, 0.3) is 5.91 Å². The maximum absolute atomic E-state index is 12.6. The summed E-state index contributed by atoms with van der Waals surface area (Å²) in [5.74, 6) is 0.643. The van der Waals surface area contributed by atoms with Crippen molar-refractivity contribution >= 4 is 17.6 Å². The maximum atomic E-state index is 12.6. The Kier molecular flexibility index (Phi) is 5.26. The number of esters is 1. The topological polar surface area (TPSA) is 55.8 Å². The molecule has 0 fully saturated rings. The van der Waals surface area contributed by atoms with Crippen LogP contribution in [0.2, 0.25) is 0 Å². The third-order valence-electron chi connectivity index (χ3n) is 4.58. The van der Waals surface area contributed by atoms with Crippen LogP contribution in [0.25, 0.3) is 0 Å². The predicted molar refractivity (Wildman–Crippen MR) is 99.9 cm³/mol. The maximum Gasteiger partial charge on any atom is 0.337 e. The fourth-order valence-electron chi connectivity index (χ4n) is 3.09. The molecule has 1 aliphatic heterocycles. The summed E-state index contributed by atoms with van der Waals surface area (Å²) < 4.78 is 10.4. The predicted octanol–water partition coefficient (Wildman–Crippen LogP) is 3.56. The Morgan fingerprint density at radius 1 is 1.15 bits per heavy atom. The Balaban J connectivity index is 1.67. The molecular formula is C21H23NO4. The summed E-state index contributed by atoms with van der Waals surface area (Å²) in [4.78, 5) is 25.9. The lowest BCUT2D eigenvalue weighted by molar-refractivity contribution is -0.120. The van der Waals surface area contributed by atoms with E-state index in [4.69, 9.17) is 9.47 Å². The molecule has 0 N–H and O–H groups in total. The second-order valence-corrected chi connectivity index (χ2v) is 6.65. The van der Waals surface area contributed by atoms with Gasteiger partial charge in [-0.05, 0) is 53.8 Å². The smallest absolute Gasteiger partial charge is 0.337 e. The summed E-state index contributed by atoms with van der Waals surface area (Å²) in [5, 5.41) is 0. The molecule has 0 unspecified atom stereocenters. The number of fused-ring (bicyclic) bond motifs is 1. The van der Waals surface area contributed by atoms with E-state index in [1.165, 1.54) is 12.7 Å². The second-order valence-electron chi connectivity index (χ2n) is 6.65. The van der Waals surface area contributed by atoms with Gasteiger partial charge in [-0.25, -0.2) is 4.79 Å². The summed E-state index contributed by atoms with van der Waals surface area (Å²) in [5.41, 5.74) is 3.49. The number of amides is 1. The highest BCUT2D eigenvalue weighted by molar-refractivity contribution is 5.98. The Labute approximate surface area is 153 Å². The first-order valence-electron chi connectivity index (χ1n) is 8.74. The summed E-state index contributed by atoms with van der Waals surface area (Å²) in [6, 6.07) is 13.1. The van der Waals surface area contributed by atoms with Crippen LogP contribution in [0.3, 0.4) is 0 Å². The molecule has 0 atom stereocenters. The number of anilines is 1. The van der Waals surface area contributed by atoms with Gasteiger partial charge >= 0.3 is 5.97 Å². The van der Waals surface area contributed by atoms with E-state index in [1.54, 1.807) is 23.1 Å². The lowest BCUT2D eigenvalue weighted by atomic mass is 10.0. The van der Waals surface area contributed by atoms with Crippen molar-refractivity contribution in [3.05, 3.63) is 59.2 Å². The van der Waals surface area contributed by atoms with Gasteiger partial charge in [-0.3, -0.25) is 4.79 Å². The molecule has 0 aromatic heterocycles. The van der Waals surface area contributed by atoms with E-state index in [0.29, 0.717) is 23.8 Å². The van der Waals surface area contributed by atoms with Gasteiger partial charge in [0.05, 0.1) is 12.7 Å². The van der Waals surface area contributed by atoms with Gasteiger partial charge in [-0.15, -0.1) is 0 Å². The zero-order chi connectivity index (χ0) is 18.7. The van der Waals surface area contributed by atoms with E-state index in [-0.39, 0.29) is 18.5 Å². The fourth-order valence-corrected chi connectivity index (χ4v) is 3.09. The van der Waals surface area contributed by atoms with E-state index >= 15 is 0 Å². The minimum atomic E-state index is -0.369. The van der Waals surface area contributed by atoms with Crippen LogP contribution in [0, 0.1) is 0 Å². The van der Waals surface area contributed by atoms with Crippen molar-refractivity contribution in [2.75, 3.05) is 25.2 Å². The first kappa shape index (κ1) is 18.0. The zero-order valence-electron chi connectivity index (χ0n) is 15.3. The van der Waals surface area contributed by atoms with Gasteiger partial charge in [0, 0.05) is 12.2 Å². The zero-order valence-corrected chi connectivity index (χ0v) is 15.3. The largest absolute Gasteiger partial charge is 0.484 e. The molecule has 26 heavy (non-hydrogen) atoms. The Morgan fingerprint density at radius 2 is 1.96 bits per heavy atom. The van der Waals surface area contributed by atoms with E-state index < -0.39 is 0 Å². The number of carbonyl (C=O) groups excluding carboxylic acids is 2. The van der Waals surface area contributed by atoms with E-state index in [9.17, 15) is 9.59 Å². The second kappa shape index (κ2) is 7.60. The number of methoxy groups -OCH3 is 1. The van der Waals surface area contributed by atoms with Gasteiger partial charge in [0.1, 0.15) is 5.75 Å². The summed E-state index contributed by atoms with van der Waals surface area (Å²) in [6.45, 7) is 4.82. The standard InChI is InChI=1S/C21H23NO4/c1-14(2)15-5-4-6-18(12-15)26-13-20(23)22-10-9-16-11-17(21(24)25-3)7-8-19(16)22/h4-8,11-12,14H,9-10,13H2,1-3H3. The number of nitrogens with zero attached hydrogens (tertiary/aromatic N) is 1. The van der Waals surface area contributed by atoms with Crippen LogP contribution in [-0.2, 0) is 16.0 Å². The van der Waals surface area contributed by atoms with Gasteiger partial charge < -0.3 is 14.4 Å². The highest BCUT2D eigenvalue weighted by atomic mass is 16.5. The summed E-state index contributed by atoms with van der Waals surface area (Å²) in [6.07, 6.45) is 0.717. The minimum Gasteiger partial charge on any atom is -0.484 e. The molecule has 1 amide bonds. The molecule has 0 aliphatic carbocycles. The van der Waals surface area contributed by atoms with Crippen molar-refractivity contribution < 1.29 is 19.1 Å². The third-order valence-corrected chi connectivity index (χ3v) is 4.58. The van der Waals surface area contributed by atoms with Crippen LogP contribution in [0.15, 0.2) is 42.5 Å². The monoisotopic (exact) mass is 353 g/mol. The van der Waals surface area contributed by atoms with Gasteiger partial charge in [-0.2, -0.15) is 0 Å². The van der Waals surface area contributed by atoms with Crippen molar-refractivity contribution in [2.45, 2.75) is 26.2 Å². The third kappa shape index (κ3) is 3.72. The van der Waals surface area contributed by atoms with E-state index in [2.05, 4.69) is 19.9 Å². The molecule has 0 bridgehead atoms. The van der Waals surface area contributed by atoms with Gasteiger partial charge in [0.15, 0.2) is 6.61 Å². The van der Waals surface area contributed by atoms with Crippen LogP contribution in [0.4, 0.5) is 5.69 Å². The number of hydrogen-bond acceptors (Lipinski definition) is 4. The highest BCUT2D eigenvalue weighted by Gasteiger charge is 2.26. The van der Waals surface area contributed by atoms with Gasteiger partial charge in [0.2, 0.25) is 0 Å². The molecule has 5 heteroatoms. The first-order chi connectivity index (χ1) is 12.5. The highest BCUT2D eigenvalue weighted by Crippen LogP contribution is 2.29. The molecule has 0 saturated heterocycles. The number of ether oxygens (including phenoxy) is 2. The normalized spacial score (nSPS) is 12.8. The number of carbonyl (C=O) groups is 2. The lowest BCUT2D eigenvalue weighted by Crippen LogP contribution is -2.33. The van der Waals surface area contributed by atoms with Gasteiger partial charge in [-0.1, -0.05) is 26.0 Å². The van der Waals surface area contributed by atoms with Crippen molar-refractivity contribution in [2.24, 2.45) is 0 Å². The SMILES string of the molecule is COC(=O)c1ccc2c(c1)CCN2C(=O)COc1cccc(C(C)C)c1. The van der Waals surface area contributed by atoms with E-state index in [1.807, 2.05) is 18.2 Å². The molecule has 3 rings (SSSR count). The van der Waals surface area contributed by atoms with Crippen LogP contribution >= 0.6 is 0 Å². The number of hydrogen-bond donors (Lipinski definition) is 0. The Bertz CT molecular complexity index is 829. The molecule has 1 aliphatic rings. The van der Waals surface area contributed by atoms with Crippen molar-refractivity contribution in [1.82, 2.24) is 0 Å². The Morgan fingerprint density at radius 3 is 2.69 bits per heavy atom. The van der Waals surface area contributed by atoms with Crippen molar-refractivity contribution in [1.29, 1.82) is 0 Å². The summed E-state index contributed by atoms with van der Waals surface area (Å²) >= 11 is 0. The molecule has 0 radical (unpaired) electrons. The molecule has 0 saturated carbocycles. The van der Waals surface area contributed by atoms with Crippen molar-refractivity contribution in [3.63, 3.8) is 0 Å². The van der Waals surface area contributed by atoms with Crippen LogP contribution < -0.4 is 9.64 Å². The van der Waals surface area contributed by atoms with E-state index in [0.717, 1.165) is 17.7 Å².